The van der Waals surface area contributed by atoms with Crippen molar-refractivity contribution in [3.05, 3.63) is 19.1 Å². The van der Waals surface area contributed by atoms with E-state index in [2.05, 4.69) is 11.7 Å². The van der Waals surface area contributed by atoms with E-state index in [9.17, 15) is 4.79 Å². The van der Waals surface area contributed by atoms with Crippen LogP contribution in [0.15, 0.2) is 12.2 Å². The van der Waals surface area contributed by atoms with Crippen LogP contribution in [0.4, 0.5) is 0 Å². The number of hydrogen-bond donors (Lipinski definition) is 3. The number of ether oxygens (including phenoxy) is 1. The molecule has 84 valence electrons. The van der Waals surface area contributed by atoms with Crippen LogP contribution < -0.4 is 51.4 Å². The fourth-order valence-electron chi connectivity index (χ4n) is 0.357. The van der Waals surface area contributed by atoms with Gasteiger partial charge in [0, 0.05) is 6.08 Å². The van der Waals surface area contributed by atoms with E-state index in [0.717, 1.165) is 0 Å². The zero-order chi connectivity index (χ0) is 11.6. The Balaban J connectivity index is -0.000000208. The van der Waals surface area contributed by atoms with Crippen LogP contribution in [0.3, 0.4) is 0 Å². The SMILES string of the molecule is O=P(O)(O)O.[CH2-]CCOC(=O)C=CC.[K+]. The van der Waals surface area contributed by atoms with E-state index in [1.165, 1.54) is 6.08 Å². The van der Waals surface area contributed by atoms with Crippen LogP contribution >= 0.6 is 7.82 Å². The third-order valence-corrected chi connectivity index (χ3v) is 0.691. The smallest absolute Gasteiger partial charge is 0.465 e. The van der Waals surface area contributed by atoms with Crippen molar-refractivity contribution in [3.63, 3.8) is 0 Å². The van der Waals surface area contributed by atoms with Crippen LogP contribution in [0.1, 0.15) is 13.3 Å². The number of carbonyl (C=O) groups excluding carboxylic acids is 1. The van der Waals surface area contributed by atoms with Gasteiger partial charge in [-0.2, -0.15) is 0 Å². The second-order valence-corrected chi connectivity index (χ2v) is 3.06. The molecule has 0 amide bonds. The zero-order valence-corrected chi connectivity index (χ0v) is 12.8. The first kappa shape index (κ1) is 21.3. The van der Waals surface area contributed by atoms with E-state index in [4.69, 9.17) is 19.2 Å². The van der Waals surface area contributed by atoms with Gasteiger partial charge in [-0.05, 0) is 6.92 Å². The predicted molar refractivity (Wildman–Crippen MR) is 50.0 cm³/mol. The first-order chi connectivity index (χ1) is 6.31. The topological polar surface area (TPSA) is 104 Å². The first-order valence-corrected chi connectivity index (χ1v) is 5.24. The molecule has 0 aliphatic rings. The Kier molecular flexibility index (Phi) is 18.5. The molecule has 0 spiro atoms. The molecule has 0 aliphatic carbocycles. The summed E-state index contributed by atoms with van der Waals surface area (Å²) in [5.41, 5.74) is 0. The van der Waals surface area contributed by atoms with Crippen molar-refractivity contribution in [2.24, 2.45) is 0 Å². The summed E-state index contributed by atoms with van der Waals surface area (Å²) in [6, 6.07) is 0. The van der Waals surface area contributed by atoms with Gasteiger partial charge in [0.25, 0.3) is 0 Å². The van der Waals surface area contributed by atoms with Crippen molar-refractivity contribution in [3.8, 4) is 0 Å². The van der Waals surface area contributed by atoms with Crippen LogP contribution in [-0.2, 0) is 14.1 Å². The summed E-state index contributed by atoms with van der Waals surface area (Å²) in [5, 5.41) is 0. The van der Waals surface area contributed by atoms with Crippen LogP contribution in [-0.4, -0.2) is 27.3 Å². The molecule has 0 unspecified atom stereocenters. The molecular formula is C7H14KO6P. The summed E-state index contributed by atoms with van der Waals surface area (Å²) in [6.07, 6.45) is 3.66. The number of hydrogen-bond acceptors (Lipinski definition) is 3. The quantitative estimate of drug-likeness (QED) is 0.170. The van der Waals surface area contributed by atoms with Gasteiger partial charge < -0.3 is 26.3 Å². The predicted octanol–water partition coefficient (Wildman–Crippen LogP) is -2.59. The maximum atomic E-state index is 10.5. The summed E-state index contributed by atoms with van der Waals surface area (Å²) in [7, 11) is -4.64. The third kappa shape index (κ3) is 39.7. The molecule has 0 bridgehead atoms. The summed E-state index contributed by atoms with van der Waals surface area (Å²) >= 11 is 0. The molecule has 0 saturated carbocycles. The monoisotopic (exact) mass is 264 g/mol. The van der Waals surface area contributed by atoms with Gasteiger partial charge >= 0.3 is 65.2 Å². The largest absolute Gasteiger partial charge is 1.00 e. The molecule has 0 rings (SSSR count). The van der Waals surface area contributed by atoms with E-state index in [-0.39, 0.29) is 57.4 Å². The van der Waals surface area contributed by atoms with Crippen molar-refractivity contribution < 1.29 is 80.2 Å². The fraction of sp³-hybridized carbons (Fsp3) is 0.429. The van der Waals surface area contributed by atoms with Gasteiger partial charge in [0.1, 0.15) is 0 Å². The Hall–Kier alpha value is 0.956. The number of rotatable bonds is 3. The van der Waals surface area contributed by atoms with E-state index in [1.54, 1.807) is 13.0 Å². The molecular weight excluding hydrogens is 250 g/mol. The number of phosphoric acid groups is 1. The number of carbonyl (C=O) groups is 1. The van der Waals surface area contributed by atoms with E-state index < -0.39 is 7.82 Å². The van der Waals surface area contributed by atoms with Crippen LogP contribution in [0.5, 0.6) is 0 Å². The van der Waals surface area contributed by atoms with E-state index >= 15 is 0 Å². The van der Waals surface area contributed by atoms with Gasteiger partial charge in [-0.25, -0.2) is 9.36 Å². The average Bonchev–Trinajstić information content (AvgIpc) is 1.98. The minimum atomic E-state index is -4.64. The second-order valence-electron chi connectivity index (χ2n) is 2.03. The third-order valence-electron chi connectivity index (χ3n) is 0.691. The minimum absolute atomic E-state index is 0. The molecule has 6 nitrogen and oxygen atoms in total. The molecule has 0 aliphatic heterocycles. The fourth-order valence-corrected chi connectivity index (χ4v) is 0.357. The van der Waals surface area contributed by atoms with Gasteiger partial charge in [-0.3, -0.25) is 0 Å². The molecule has 0 radical (unpaired) electrons. The molecule has 0 fully saturated rings. The summed E-state index contributed by atoms with van der Waals surface area (Å²) in [4.78, 5) is 32.0. The summed E-state index contributed by atoms with van der Waals surface area (Å²) < 4.78 is 13.5. The normalized spacial score (nSPS) is 9.93. The van der Waals surface area contributed by atoms with Gasteiger partial charge in [-0.15, -0.1) is 6.42 Å². The maximum Gasteiger partial charge on any atom is 1.00 e. The molecule has 0 heterocycles. The van der Waals surface area contributed by atoms with Crippen molar-refractivity contribution in [2.75, 3.05) is 6.61 Å². The Morgan fingerprint density at radius 2 is 1.87 bits per heavy atom. The summed E-state index contributed by atoms with van der Waals surface area (Å²) in [5.74, 6) is -0.291. The average molecular weight is 264 g/mol. The van der Waals surface area contributed by atoms with Crippen LogP contribution in [0.2, 0.25) is 0 Å². The van der Waals surface area contributed by atoms with Crippen molar-refractivity contribution in [2.45, 2.75) is 13.3 Å². The van der Waals surface area contributed by atoms with Gasteiger partial charge in [0.2, 0.25) is 0 Å². The molecule has 8 heteroatoms. The van der Waals surface area contributed by atoms with Crippen LogP contribution in [0, 0.1) is 6.92 Å². The van der Waals surface area contributed by atoms with Gasteiger partial charge in [0.05, 0.1) is 6.61 Å². The van der Waals surface area contributed by atoms with Gasteiger partial charge in [-0.1, -0.05) is 6.08 Å². The Morgan fingerprint density at radius 3 is 2.13 bits per heavy atom. The summed E-state index contributed by atoms with van der Waals surface area (Å²) in [6.45, 7) is 5.69. The number of allylic oxidation sites excluding steroid dienone is 1. The Morgan fingerprint density at radius 1 is 1.47 bits per heavy atom. The Labute approximate surface area is 131 Å². The van der Waals surface area contributed by atoms with Crippen molar-refractivity contribution >= 4 is 13.8 Å². The number of esters is 1. The molecule has 0 aromatic carbocycles. The maximum absolute atomic E-state index is 10.5. The standard InChI is InChI=1S/C7H11O2.K.H3O4P/c1-3-5-7(8)9-6-4-2;;1-5(2,3)4/h3,5H,2,4,6H2,1H3;;(H3,1,2,3,4)/q-1;+1;. The second kappa shape index (κ2) is 13.0. The molecule has 0 saturated heterocycles. The van der Waals surface area contributed by atoms with Crippen molar-refractivity contribution in [1.29, 1.82) is 0 Å². The van der Waals surface area contributed by atoms with E-state index in [0.29, 0.717) is 13.0 Å². The van der Waals surface area contributed by atoms with Crippen LogP contribution in [0.25, 0.3) is 0 Å². The molecule has 15 heavy (non-hydrogen) atoms. The van der Waals surface area contributed by atoms with Gasteiger partial charge in [0.15, 0.2) is 0 Å². The minimum Gasteiger partial charge on any atom is -0.465 e. The zero-order valence-electron chi connectivity index (χ0n) is 8.79. The Bertz CT molecular complexity index is 215. The molecule has 3 N–H and O–H groups in total. The first-order valence-electron chi connectivity index (χ1n) is 3.68. The molecule has 0 atom stereocenters. The molecule has 0 aromatic rings. The van der Waals surface area contributed by atoms with Crippen molar-refractivity contribution in [1.82, 2.24) is 0 Å². The molecule has 0 aromatic heterocycles. The van der Waals surface area contributed by atoms with E-state index in [1.807, 2.05) is 0 Å².